The summed E-state index contributed by atoms with van der Waals surface area (Å²) >= 11 is 0. The molecule has 2 atom stereocenters. The summed E-state index contributed by atoms with van der Waals surface area (Å²) in [6, 6.07) is 6.81. The second kappa shape index (κ2) is 7.98. The van der Waals surface area contributed by atoms with E-state index in [2.05, 4.69) is 35.2 Å². The van der Waals surface area contributed by atoms with Gasteiger partial charge in [-0.05, 0) is 33.1 Å². The molecule has 2 unspecified atom stereocenters. The van der Waals surface area contributed by atoms with Crippen LogP contribution in [0.1, 0.15) is 39.2 Å². The zero-order valence-electron chi connectivity index (χ0n) is 14.1. The van der Waals surface area contributed by atoms with Crippen LogP contribution in [0.3, 0.4) is 0 Å². The summed E-state index contributed by atoms with van der Waals surface area (Å²) in [6.07, 6.45) is 1.15. The molecule has 1 aliphatic rings. The second-order valence-corrected chi connectivity index (χ2v) is 6.11. The molecule has 130 valence electrons. The molecule has 0 radical (unpaired) electrons. The third-order valence-corrected chi connectivity index (χ3v) is 4.35. The smallest absolute Gasteiger partial charge is 0.270 e. The summed E-state index contributed by atoms with van der Waals surface area (Å²) in [4.78, 5) is 22.3. The largest absolute Gasteiger partial charge is 0.273 e. The third kappa shape index (κ3) is 4.59. The van der Waals surface area contributed by atoms with Crippen molar-refractivity contribution in [3.05, 3.63) is 39.9 Å². The Balaban J connectivity index is 1.88. The van der Waals surface area contributed by atoms with Crippen LogP contribution in [0.4, 0.5) is 5.69 Å². The average molecular weight is 333 g/mol. The number of nitrogens with zero attached hydrogens (tertiary/aromatic N) is 2. The van der Waals surface area contributed by atoms with E-state index in [0.717, 1.165) is 6.42 Å². The number of non-ortho nitro benzene ring substituents is 1. The van der Waals surface area contributed by atoms with Gasteiger partial charge < -0.3 is 0 Å². The first-order valence-electron chi connectivity index (χ1n) is 7.97. The molecule has 8 heteroatoms. The quantitative estimate of drug-likeness (QED) is 0.417. The number of nitrogens with one attached hydrogen (secondary N) is 3. The molecule has 3 N–H and O–H groups in total. The molecule has 1 aliphatic heterocycles. The fraction of sp³-hybridized carbons (Fsp3) is 0.500. The molecule has 1 heterocycles. The predicted molar refractivity (Wildman–Crippen MR) is 91.4 cm³/mol. The molecule has 1 aromatic carbocycles. The van der Waals surface area contributed by atoms with Crippen molar-refractivity contribution < 1.29 is 9.72 Å². The lowest BCUT2D eigenvalue weighted by atomic mass is 9.91. The molecule has 2 rings (SSSR count). The number of nitro groups is 1. The molecule has 24 heavy (non-hydrogen) atoms. The van der Waals surface area contributed by atoms with Gasteiger partial charge in [0.05, 0.1) is 10.6 Å². The van der Waals surface area contributed by atoms with Gasteiger partial charge in [-0.1, -0.05) is 12.1 Å². The molecule has 0 bridgehead atoms. The maximum absolute atomic E-state index is 12.0. The van der Waals surface area contributed by atoms with Crippen LogP contribution < -0.4 is 16.3 Å². The first-order valence-corrected chi connectivity index (χ1v) is 7.97. The van der Waals surface area contributed by atoms with Crippen molar-refractivity contribution in [3.8, 4) is 0 Å². The first kappa shape index (κ1) is 18.0. The predicted octanol–water partition coefficient (Wildman–Crippen LogP) is 1.72. The Hall–Kier alpha value is -2.32. The molecule has 1 amide bonds. The van der Waals surface area contributed by atoms with Crippen molar-refractivity contribution >= 4 is 17.3 Å². The molecule has 1 fully saturated rings. The number of rotatable bonds is 6. The van der Waals surface area contributed by atoms with E-state index in [1.807, 2.05) is 0 Å². The van der Waals surface area contributed by atoms with Gasteiger partial charge in [-0.3, -0.25) is 25.8 Å². The van der Waals surface area contributed by atoms with E-state index < -0.39 is 4.92 Å². The van der Waals surface area contributed by atoms with E-state index in [0.29, 0.717) is 35.7 Å². The lowest BCUT2D eigenvalue weighted by Crippen LogP contribution is -2.30. The Bertz CT molecular complexity index is 636. The molecule has 0 saturated carbocycles. The molecular formula is C16H23N5O3. The van der Waals surface area contributed by atoms with Crippen molar-refractivity contribution in [1.82, 2.24) is 16.3 Å². The van der Waals surface area contributed by atoms with Crippen LogP contribution in [0.25, 0.3) is 0 Å². The Kier molecular flexibility index (Phi) is 5.99. The van der Waals surface area contributed by atoms with Gasteiger partial charge in [0.25, 0.3) is 5.69 Å². The van der Waals surface area contributed by atoms with Crippen LogP contribution in [0.15, 0.2) is 29.4 Å². The zero-order valence-corrected chi connectivity index (χ0v) is 14.1. The summed E-state index contributed by atoms with van der Waals surface area (Å²) in [6.45, 7) is 5.88. The number of amides is 1. The minimum atomic E-state index is -0.457. The van der Waals surface area contributed by atoms with Gasteiger partial charge in [-0.2, -0.15) is 5.10 Å². The molecule has 1 saturated heterocycles. The van der Waals surface area contributed by atoms with E-state index in [4.69, 9.17) is 0 Å². The zero-order chi connectivity index (χ0) is 17.7. The number of hydrogen-bond donors (Lipinski definition) is 3. The van der Waals surface area contributed by atoms with Crippen molar-refractivity contribution in [3.63, 3.8) is 0 Å². The molecule has 0 spiro atoms. The lowest BCUT2D eigenvalue weighted by Gasteiger charge is -2.16. The van der Waals surface area contributed by atoms with Gasteiger partial charge in [-0.25, -0.2) is 5.43 Å². The van der Waals surface area contributed by atoms with Crippen LogP contribution in [0.5, 0.6) is 0 Å². The highest BCUT2D eigenvalue weighted by molar-refractivity contribution is 5.99. The van der Waals surface area contributed by atoms with Crippen LogP contribution in [0, 0.1) is 16.0 Å². The van der Waals surface area contributed by atoms with Gasteiger partial charge in [0.2, 0.25) is 5.91 Å². The van der Waals surface area contributed by atoms with E-state index in [-0.39, 0.29) is 11.6 Å². The number of carbonyl (C=O) groups excluding carboxylic acids is 1. The molecule has 0 aromatic heterocycles. The monoisotopic (exact) mass is 333 g/mol. The fourth-order valence-corrected chi connectivity index (χ4v) is 2.82. The molecule has 1 aromatic rings. The van der Waals surface area contributed by atoms with E-state index in [9.17, 15) is 14.9 Å². The number of hydrazine groups is 1. The van der Waals surface area contributed by atoms with Crippen molar-refractivity contribution in [2.24, 2.45) is 11.0 Å². The number of benzene rings is 1. The van der Waals surface area contributed by atoms with Crippen molar-refractivity contribution in [2.45, 2.75) is 45.7 Å². The maximum atomic E-state index is 12.0. The summed E-state index contributed by atoms with van der Waals surface area (Å²) in [5, 5.41) is 14.8. The normalized spacial score (nSPS) is 24.0. The maximum Gasteiger partial charge on any atom is 0.270 e. The van der Waals surface area contributed by atoms with Crippen LogP contribution in [-0.2, 0) is 4.79 Å². The molecular weight excluding hydrogens is 310 g/mol. The number of nitro benzene ring substituents is 1. The minimum absolute atomic E-state index is 0.00224. The summed E-state index contributed by atoms with van der Waals surface area (Å²) < 4.78 is 0. The van der Waals surface area contributed by atoms with Crippen molar-refractivity contribution in [2.75, 3.05) is 0 Å². The van der Waals surface area contributed by atoms with E-state index >= 15 is 0 Å². The molecule has 0 aliphatic carbocycles. The fourth-order valence-electron chi connectivity index (χ4n) is 2.82. The van der Waals surface area contributed by atoms with E-state index in [1.165, 1.54) is 12.1 Å². The van der Waals surface area contributed by atoms with Gasteiger partial charge in [0.15, 0.2) is 0 Å². The van der Waals surface area contributed by atoms with Crippen LogP contribution in [0.2, 0.25) is 0 Å². The summed E-state index contributed by atoms with van der Waals surface area (Å²) in [5.41, 5.74) is 9.98. The Morgan fingerprint density at radius 3 is 2.62 bits per heavy atom. The van der Waals surface area contributed by atoms with Crippen LogP contribution in [-0.4, -0.2) is 28.6 Å². The van der Waals surface area contributed by atoms with Crippen LogP contribution >= 0.6 is 0 Å². The van der Waals surface area contributed by atoms with Gasteiger partial charge in [0, 0.05) is 36.2 Å². The van der Waals surface area contributed by atoms with Crippen molar-refractivity contribution in [1.29, 1.82) is 0 Å². The highest BCUT2D eigenvalue weighted by Crippen LogP contribution is 2.20. The Morgan fingerprint density at radius 1 is 1.33 bits per heavy atom. The summed E-state index contributed by atoms with van der Waals surface area (Å²) in [5.74, 6) is 0.226. The van der Waals surface area contributed by atoms with Gasteiger partial charge >= 0.3 is 0 Å². The number of hydrogen-bond acceptors (Lipinski definition) is 6. The number of carbonyl (C=O) groups is 1. The minimum Gasteiger partial charge on any atom is -0.273 e. The first-order chi connectivity index (χ1) is 11.4. The third-order valence-electron chi connectivity index (χ3n) is 4.35. The lowest BCUT2D eigenvalue weighted by molar-refractivity contribution is -0.384. The van der Waals surface area contributed by atoms with Gasteiger partial charge in [-0.15, -0.1) is 0 Å². The topological polar surface area (TPSA) is 109 Å². The second-order valence-electron chi connectivity index (χ2n) is 6.11. The highest BCUT2D eigenvalue weighted by atomic mass is 16.6. The highest BCUT2D eigenvalue weighted by Gasteiger charge is 2.29. The summed E-state index contributed by atoms with van der Waals surface area (Å²) in [7, 11) is 0. The Labute approximate surface area is 140 Å². The standard InChI is InChI=1S/C16H23N5O3/c1-10(13-5-4-6-14(9-13)21(23)24)17-20-16(22)8-7-15-11(2)18-19-12(15)3/h4-6,9,11-12,15,18-19H,7-8H2,1-3H3,(H,20,22)/b17-10+. The SMILES string of the molecule is C/C(=N\NC(=O)CCC1C(C)NNC1C)c1cccc([N+](=O)[O-])c1. The Morgan fingerprint density at radius 2 is 2.00 bits per heavy atom. The number of hydrazone groups is 1. The van der Waals surface area contributed by atoms with E-state index in [1.54, 1.807) is 19.1 Å². The average Bonchev–Trinajstić information content (AvgIpc) is 2.89. The molecule has 8 nitrogen and oxygen atoms in total. The van der Waals surface area contributed by atoms with Gasteiger partial charge in [0.1, 0.15) is 0 Å².